The molecule has 0 aliphatic heterocycles. The van der Waals surface area contributed by atoms with Crippen molar-refractivity contribution >= 4 is 35.2 Å². The summed E-state index contributed by atoms with van der Waals surface area (Å²) in [6.45, 7) is 2.36. The van der Waals surface area contributed by atoms with Crippen LogP contribution in [-0.4, -0.2) is 15.7 Å². The van der Waals surface area contributed by atoms with Crippen molar-refractivity contribution in [3.05, 3.63) is 92.7 Å². The largest absolute Gasteiger partial charge is 0.458 e. The Kier molecular flexibility index (Phi) is 6.71. The molecule has 0 aliphatic carbocycles. The van der Waals surface area contributed by atoms with E-state index in [1.807, 2.05) is 37.3 Å². The maximum Gasteiger partial charge on any atom is 0.331 e. The van der Waals surface area contributed by atoms with E-state index in [0.29, 0.717) is 33.5 Å². The zero-order chi connectivity index (χ0) is 20.8. The number of rotatable bonds is 6. The highest BCUT2D eigenvalue weighted by Gasteiger charge is 2.13. The van der Waals surface area contributed by atoms with E-state index in [-0.39, 0.29) is 6.61 Å². The molecule has 3 aromatic rings. The van der Waals surface area contributed by atoms with E-state index in [2.05, 4.69) is 5.10 Å². The van der Waals surface area contributed by atoms with Crippen LogP contribution < -0.4 is 0 Å². The maximum atomic E-state index is 12.0. The molecular formula is C22H17Cl2N3O2. The number of ether oxygens (including phenoxy) is 1. The van der Waals surface area contributed by atoms with Gasteiger partial charge in [-0.3, -0.25) is 0 Å². The van der Waals surface area contributed by atoms with Crippen molar-refractivity contribution < 1.29 is 9.53 Å². The lowest BCUT2D eigenvalue weighted by molar-refractivity contribution is -0.138. The predicted molar refractivity (Wildman–Crippen MR) is 113 cm³/mol. The van der Waals surface area contributed by atoms with Gasteiger partial charge in [-0.25, -0.2) is 9.48 Å². The minimum atomic E-state index is -0.497. The van der Waals surface area contributed by atoms with Crippen LogP contribution in [0.4, 0.5) is 0 Å². The first kappa shape index (κ1) is 20.7. The smallest absolute Gasteiger partial charge is 0.331 e. The van der Waals surface area contributed by atoms with Gasteiger partial charge in [-0.2, -0.15) is 10.4 Å². The maximum absolute atomic E-state index is 12.0. The summed E-state index contributed by atoms with van der Waals surface area (Å²) >= 11 is 12.6. The Hall–Kier alpha value is -3.07. The number of benzene rings is 2. The van der Waals surface area contributed by atoms with E-state index in [1.54, 1.807) is 35.0 Å². The summed E-state index contributed by atoms with van der Waals surface area (Å²) in [5, 5.41) is 14.3. The monoisotopic (exact) mass is 425 g/mol. The quantitative estimate of drug-likeness (QED) is 0.403. The van der Waals surface area contributed by atoms with E-state index >= 15 is 0 Å². The molecule has 0 spiro atoms. The fourth-order valence-electron chi connectivity index (χ4n) is 2.68. The lowest BCUT2D eigenvalue weighted by Crippen LogP contribution is -2.02. The minimum Gasteiger partial charge on any atom is -0.458 e. The Morgan fingerprint density at radius 1 is 1.21 bits per heavy atom. The molecule has 7 heteroatoms. The third-order valence-corrected chi connectivity index (χ3v) is 5.00. The van der Waals surface area contributed by atoms with Crippen LogP contribution in [0.3, 0.4) is 0 Å². The summed E-state index contributed by atoms with van der Waals surface area (Å²) in [5.41, 5.74) is 3.59. The molecule has 0 radical (unpaired) electrons. The van der Waals surface area contributed by atoms with E-state index < -0.39 is 5.97 Å². The highest BCUT2D eigenvalue weighted by Crippen LogP contribution is 2.24. The van der Waals surface area contributed by atoms with Crippen LogP contribution >= 0.6 is 23.2 Å². The van der Waals surface area contributed by atoms with Gasteiger partial charge in [0.2, 0.25) is 0 Å². The zero-order valence-electron chi connectivity index (χ0n) is 15.6. The van der Waals surface area contributed by atoms with Gasteiger partial charge in [-0.15, -0.1) is 0 Å². The lowest BCUT2D eigenvalue weighted by Gasteiger charge is -2.05. The van der Waals surface area contributed by atoms with Crippen LogP contribution in [0.5, 0.6) is 0 Å². The van der Waals surface area contributed by atoms with E-state index in [1.165, 1.54) is 6.08 Å². The van der Waals surface area contributed by atoms with Crippen LogP contribution in [0.1, 0.15) is 27.9 Å². The van der Waals surface area contributed by atoms with E-state index in [4.69, 9.17) is 33.2 Å². The van der Waals surface area contributed by atoms with Crippen molar-refractivity contribution in [1.29, 1.82) is 5.26 Å². The molecule has 2 aromatic carbocycles. The summed E-state index contributed by atoms with van der Waals surface area (Å²) in [4.78, 5) is 12.0. The van der Waals surface area contributed by atoms with Crippen molar-refractivity contribution in [1.82, 2.24) is 9.78 Å². The number of nitriles is 1. The Morgan fingerprint density at radius 3 is 2.62 bits per heavy atom. The molecule has 146 valence electrons. The predicted octanol–water partition coefficient (Wildman–Crippen LogP) is 5.17. The summed E-state index contributed by atoms with van der Waals surface area (Å²) < 4.78 is 6.86. The highest BCUT2D eigenvalue weighted by atomic mass is 35.5. The Bertz CT molecular complexity index is 1100. The first-order valence-corrected chi connectivity index (χ1v) is 9.53. The standard InChI is InChI=1S/C22H17Cl2N3O2/c1-15-19(22(24)27(26-15)13-18-4-2-3-5-20(18)23)10-11-21(28)29-14-17-8-6-16(12-25)7-9-17/h2-11H,13-14H2,1H3. The molecule has 0 saturated heterocycles. The van der Waals surface area contributed by atoms with Crippen LogP contribution in [0, 0.1) is 18.3 Å². The molecule has 5 nitrogen and oxygen atoms in total. The summed E-state index contributed by atoms with van der Waals surface area (Å²) in [5.74, 6) is -0.497. The van der Waals surface area contributed by atoms with Crippen LogP contribution in [-0.2, 0) is 22.7 Å². The summed E-state index contributed by atoms with van der Waals surface area (Å²) in [7, 11) is 0. The molecule has 29 heavy (non-hydrogen) atoms. The Labute approximate surface area is 178 Å². The Balaban J connectivity index is 1.65. The normalized spacial score (nSPS) is 10.8. The molecule has 0 bridgehead atoms. The molecule has 3 rings (SSSR count). The number of carbonyl (C=O) groups is 1. The molecule has 0 saturated carbocycles. The number of halogens is 2. The first-order valence-electron chi connectivity index (χ1n) is 8.78. The van der Waals surface area contributed by atoms with Crippen LogP contribution in [0.15, 0.2) is 54.6 Å². The number of esters is 1. The third-order valence-electron chi connectivity index (χ3n) is 4.24. The van der Waals surface area contributed by atoms with Crippen molar-refractivity contribution in [3.8, 4) is 6.07 Å². The van der Waals surface area contributed by atoms with E-state index in [9.17, 15) is 4.79 Å². The highest BCUT2D eigenvalue weighted by molar-refractivity contribution is 6.32. The minimum absolute atomic E-state index is 0.118. The fraction of sp³-hybridized carbons (Fsp3) is 0.136. The van der Waals surface area contributed by atoms with Gasteiger partial charge in [0.25, 0.3) is 0 Å². The zero-order valence-corrected chi connectivity index (χ0v) is 17.1. The molecule has 0 unspecified atom stereocenters. The second-order valence-electron chi connectivity index (χ2n) is 6.29. The molecule has 0 N–H and O–H groups in total. The number of aryl methyl sites for hydroxylation is 1. The SMILES string of the molecule is Cc1nn(Cc2ccccc2Cl)c(Cl)c1C=CC(=O)OCc1ccc(C#N)cc1. The third kappa shape index (κ3) is 5.26. The molecule has 0 amide bonds. The topological polar surface area (TPSA) is 67.9 Å². The van der Waals surface area contributed by atoms with Gasteiger partial charge in [-0.1, -0.05) is 53.5 Å². The van der Waals surface area contributed by atoms with Crippen LogP contribution in [0.2, 0.25) is 10.2 Å². The van der Waals surface area contributed by atoms with Gasteiger partial charge in [0.05, 0.1) is 23.9 Å². The number of hydrogen-bond acceptors (Lipinski definition) is 4. The first-order chi connectivity index (χ1) is 14.0. The molecular weight excluding hydrogens is 409 g/mol. The molecule has 1 aromatic heterocycles. The van der Waals surface area contributed by atoms with Gasteiger partial charge >= 0.3 is 5.97 Å². The number of hydrogen-bond donors (Lipinski definition) is 0. The van der Waals surface area contributed by atoms with Crippen molar-refractivity contribution in [2.24, 2.45) is 0 Å². The van der Waals surface area contributed by atoms with Crippen molar-refractivity contribution in [2.75, 3.05) is 0 Å². The molecule has 1 heterocycles. The number of nitrogens with zero attached hydrogens (tertiary/aromatic N) is 3. The van der Waals surface area contributed by atoms with Gasteiger partial charge in [0.15, 0.2) is 0 Å². The second-order valence-corrected chi connectivity index (χ2v) is 7.05. The summed E-state index contributed by atoms with van der Waals surface area (Å²) in [6.07, 6.45) is 2.91. The van der Waals surface area contributed by atoms with Crippen molar-refractivity contribution in [3.63, 3.8) is 0 Å². The molecule has 0 aliphatic rings. The molecule has 0 atom stereocenters. The van der Waals surface area contributed by atoms with Gasteiger partial charge in [0.1, 0.15) is 11.8 Å². The van der Waals surface area contributed by atoms with Gasteiger partial charge in [0, 0.05) is 16.7 Å². The average molecular weight is 426 g/mol. The number of aromatic nitrogens is 2. The number of carbonyl (C=O) groups excluding carboxylic acids is 1. The average Bonchev–Trinajstić information content (AvgIpc) is 2.99. The summed E-state index contributed by atoms with van der Waals surface area (Å²) in [6, 6.07) is 16.4. The van der Waals surface area contributed by atoms with Crippen LogP contribution in [0.25, 0.3) is 6.08 Å². The van der Waals surface area contributed by atoms with E-state index in [0.717, 1.165) is 11.1 Å². The molecule has 0 fully saturated rings. The lowest BCUT2D eigenvalue weighted by atomic mass is 10.2. The second kappa shape index (κ2) is 9.42. The van der Waals surface area contributed by atoms with Gasteiger partial charge < -0.3 is 4.74 Å². The fourth-order valence-corrected chi connectivity index (χ4v) is 3.17. The Morgan fingerprint density at radius 2 is 1.93 bits per heavy atom. The van der Waals surface area contributed by atoms with Gasteiger partial charge in [-0.05, 0) is 42.3 Å². The van der Waals surface area contributed by atoms with Crippen molar-refractivity contribution in [2.45, 2.75) is 20.1 Å².